The molecule has 1 N–H and O–H groups in total. The van der Waals surface area contributed by atoms with E-state index in [1.54, 1.807) is 0 Å². The molecule has 0 bridgehead atoms. The molecule has 0 aliphatic carbocycles. The second kappa shape index (κ2) is 6.23. The Bertz CT molecular complexity index is 155. The van der Waals surface area contributed by atoms with Crippen molar-refractivity contribution in [2.45, 2.75) is 53.5 Å². The summed E-state index contributed by atoms with van der Waals surface area (Å²) in [6.45, 7) is 16.3. The Morgan fingerprint density at radius 2 is 1.93 bits per heavy atom. The van der Waals surface area contributed by atoms with Crippen molar-refractivity contribution in [3.63, 3.8) is 0 Å². The SMILES string of the molecule is C=CC(CC(C)CC(C)(C)C)NCC. The monoisotopic (exact) mass is 197 g/mol. The number of nitrogens with one attached hydrogen (secondary N) is 1. The average Bonchev–Trinajstić information content (AvgIpc) is 2.00. The van der Waals surface area contributed by atoms with Crippen molar-refractivity contribution in [3.05, 3.63) is 12.7 Å². The highest BCUT2D eigenvalue weighted by atomic mass is 14.9. The number of hydrogen-bond donors (Lipinski definition) is 1. The molecule has 0 saturated heterocycles. The van der Waals surface area contributed by atoms with Crippen LogP contribution in [0.25, 0.3) is 0 Å². The number of hydrogen-bond acceptors (Lipinski definition) is 1. The molecule has 84 valence electrons. The molecule has 0 amide bonds. The minimum Gasteiger partial charge on any atom is -0.311 e. The summed E-state index contributed by atoms with van der Waals surface area (Å²) in [5, 5.41) is 3.43. The van der Waals surface area contributed by atoms with Crippen molar-refractivity contribution in [1.82, 2.24) is 5.32 Å². The zero-order chi connectivity index (χ0) is 11.2. The molecule has 0 aromatic carbocycles. The van der Waals surface area contributed by atoms with E-state index in [1.165, 1.54) is 12.8 Å². The smallest absolute Gasteiger partial charge is 0.0249 e. The highest BCUT2D eigenvalue weighted by Crippen LogP contribution is 2.26. The Morgan fingerprint density at radius 3 is 2.29 bits per heavy atom. The summed E-state index contributed by atoms with van der Waals surface area (Å²) in [6, 6.07) is 0.484. The Balaban J connectivity index is 3.90. The van der Waals surface area contributed by atoms with Crippen LogP contribution in [-0.2, 0) is 0 Å². The van der Waals surface area contributed by atoms with Crippen molar-refractivity contribution in [2.75, 3.05) is 6.54 Å². The summed E-state index contributed by atoms with van der Waals surface area (Å²) in [7, 11) is 0. The van der Waals surface area contributed by atoms with E-state index in [-0.39, 0.29) is 0 Å². The predicted octanol–water partition coefficient (Wildman–Crippen LogP) is 3.61. The van der Waals surface area contributed by atoms with E-state index in [4.69, 9.17) is 0 Å². The second-order valence-corrected chi connectivity index (χ2v) is 5.51. The molecule has 0 aliphatic heterocycles. The van der Waals surface area contributed by atoms with E-state index in [1.807, 2.05) is 6.08 Å². The zero-order valence-corrected chi connectivity index (χ0v) is 10.6. The highest BCUT2D eigenvalue weighted by molar-refractivity contribution is 4.87. The van der Waals surface area contributed by atoms with Crippen LogP contribution in [0.15, 0.2) is 12.7 Å². The van der Waals surface area contributed by atoms with Gasteiger partial charge in [0.05, 0.1) is 0 Å². The molecule has 0 aromatic heterocycles. The molecular weight excluding hydrogens is 170 g/mol. The molecule has 1 heteroatoms. The second-order valence-electron chi connectivity index (χ2n) is 5.51. The number of rotatable bonds is 6. The van der Waals surface area contributed by atoms with Crippen molar-refractivity contribution in [1.29, 1.82) is 0 Å². The van der Waals surface area contributed by atoms with Crippen molar-refractivity contribution >= 4 is 0 Å². The maximum absolute atomic E-state index is 3.87. The molecule has 0 rings (SSSR count). The Morgan fingerprint density at radius 1 is 1.36 bits per heavy atom. The molecule has 1 nitrogen and oxygen atoms in total. The molecule has 2 atom stereocenters. The van der Waals surface area contributed by atoms with Crippen LogP contribution in [0.4, 0.5) is 0 Å². The summed E-state index contributed by atoms with van der Waals surface area (Å²) < 4.78 is 0. The maximum Gasteiger partial charge on any atom is 0.0249 e. The molecule has 0 aliphatic rings. The molecule has 0 aromatic rings. The van der Waals surface area contributed by atoms with Crippen LogP contribution in [0.1, 0.15) is 47.5 Å². The summed E-state index contributed by atoms with van der Waals surface area (Å²) in [5.41, 5.74) is 0.442. The number of likely N-dealkylation sites (N-methyl/N-ethyl adjacent to an activating group) is 1. The molecule has 2 unspecified atom stereocenters. The van der Waals surface area contributed by atoms with Gasteiger partial charge in [-0.2, -0.15) is 0 Å². The molecule has 0 saturated carbocycles. The van der Waals surface area contributed by atoms with Crippen LogP contribution in [0, 0.1) is 11.3 Å². The standard InChI is InChI=1S/C13H27N/c1-7-12(14-8-2)9-11(3)10-13(4,5)6/h7,11-12,14H,1,8-10H2,2-6H3. The summed E-state index contributed by atoms with van der Waals surface area (Å²) >= 11 is 0. The van der Waals surface area contributed by atoms with Gasteiger partial charge in [-0.1, -0.05) is 40.7 Å². The van der Waals surface area contributed by atoms with Gasteiger partial charge < -0.3 is 5.32 Å². The third-order valence-corrected chi connectivity index (χ3v) is 2.37. The van der Waals surface area contributed by atoms with Crippen molar-refractivity contribution in [3.8, 4) is 0 Å². The van der Waals surface area contributed by atoms with Crippen molar-refractivity contribution < 1.29 is 0 Å². The van der Waals surface area contributed by atoms with Crippen LogP contribution in [-0.4, -0.2) is 12.6 Å². The highest BCUT2D eigenvalue weighted by Gasteiger charge is 2.17. The normalized spacial score (nSPS) is 16.4. The zero-order valence-electron chi connectivity index (χ0n) is 10.6. The summed E-state index contributed by atoms with van der Waals surface area (Å²) in [4.78, 5) is 0. The van der Waals surface area contributed by atoms with Gasteiger partial charge in [-0.15, -0.1) is 6.58 Å². The van der Waals surface area contributed by atoms with Gasteiger partial charge >= 0.3 is 0 Å². The van der Waals surface area contributed by atoms with Gasteiger partial charge in [0.15, 0.2) is 0 Å². The third-order valence-electron chi connectivity index (χ3n) is 2.37. The van der Waals surface area contributed by atoms with Crippen LogP contribution < -0.4 is 5.32 Å². The van der Waals surface area contributed by atoms with Crippen LogP contribution in [0.2, 0.25) is 0 Å². The summed E-state index contributed by atoms with van der Waals surface area (Å²) in [5.74, 6) is 0.761. The van der Waals surface area contributed by atoms with E-state index >= 15 is 0 Å². The quantitative estimate of drug-likeness (QED) is 0.641. The molecule has 0 spiro atoms. The third kappa shape index (κ3) is 7.14. The molecule has 0 heterocycles. The summed E-state index contributed by atoms with van der Waals surface area (Å²) in [6.07, 6.45) is 4.51. The maximum atomic E-state index is 3.87. The van der Waals surface area contributed by atoms with E-state index in [0.717, 1.165) is 12.5 Å². The van der Waals surface area contributed by atoms with Crippen LogP contribution in [0.5, 0.6) is 0 Å². The predicted molar refractivity (Wildman–Crippen MR) is 65.5 cm³/mol. The van der Waals surface area contributed by atoms with Gasteiger partial charge in [0.25, 0.3) is 0 Å². The van der Waals surface area contributed by atoms with Gasteiger partial charge in [-0.25, -0.2) is 0 Å². The average molecular weight is 197 g/mol. The first-order chi connectivity index (χ1) is 6.39. The first-order valence-corrected chi connectivity index (χ1v) is 5.75. The Hall–Kier alpha value is -0.300. The lowest BCUT2D eigenvalue weighted by Gasteiger charge is -2.25. The minimum atomic E-state index is 0.442. The Kier molecular flexibility index (Phi) is 6.10. The van der Waals surface area contributed by atoms with Crippen LogP contribution >= 0.6 is 0 Å². The Labute approximate surface area is 90.0 Å². The van der Waals surface area contributed by atoms with E-state index in [0.29, 0.717) is 11.5 Å². The molecular formula is C13H27N. The molecule has 14 heavy (non-hydrogen) atoms. The molecule has 0 fully saturated rings. The van der Waals surface area contributed by atoms with Gasteiger partial charge in [-0.05, 0) is 30.7 Å². The van der Waals surface area contributed by atoms with E-state index < -0.39 is 0 Å². The fourth-order valence-electron chi connectivity index (χ4n) is 2.09. The molecule has 0 radical (unpaired) electrons. The van der Waals surface area contributed by atoms with E-state index in [2.05, 4.69) is 46.5 Å². The lowest BCUT2D eigenvalue weighted by atomic mass is 9.83. The van der Waals surface area contributed by atoms with Crippen LogP contribution in [0.3, 0.4) is 0 Å². The lowest BCUT2D eigenvalue weighted by molar-refractivity contribution is 0.285. The topological polar surface area (TPSA) is 12.0 Å². The minimum absolute atomic E-state index is 0.442. The largest absolute Gasteiger partial charge is 0.311 e. The van der Waals surface area contributed by atoms with Gasteiger partial charge in [0.1, 0.15) is 0 Å². The fraction of sp³-hybridized carbons (Fsp3) is 0.846. The van der Waals surface area contributed by atoms with Crippen molar-refractivity contribution in [2.24, 2.45) is 11.3 Å². The lowest BCUT2D eigenvalue weighted by Crippen LogP contribution is -2.29. The van der Waals surface area contributed by atoms with Gasteiger partial charge in [0.2, 0.25) is 0 Å². The van der Waals surface area contributed by atoms with E-state index in [9.17, 15) is 0 Å². The fourth-order valence-corrected chi connectivity index (χ4v) is 2.09. The van der Waals surface area contributed by atoms with Gasteiger partial charge in [-0.3, -0.25) is 0 Å². The first kappa shape index (κ1) is 13.7. The first-order valence-electron chi connectivity index (χ1n) is 5.75. The van der Waals surface area contributed by atoms with Gasteiger partial charge in [0, 0.05) is 6.04 Å².